The van der Waals surface area contributed by atoms with Gasteiger partial charge in [0.25, 0.3) is 5.56 Å². The van der Waals surface area contributed by atoms with E-state index in [2.05, 4.69) is 11.9 Å². The van der Waals surface area contributed by atoms with Crippen LogP contribution in [0, 0.1) is 0 Å². The number of thioether (sulfide) groups is 1. The van der Waals surface area contributed by atoms with Crippen LogP contribution in [0.1, 0.15) is 39.7 Å². The Morgan fingerprint density at radius 1 is 1.27 bits per heavy atom. The first kappa shape index (κ1) is 17.5. The number of fused-ring (bicyclic) bond motifs is 3. The summed E-state index contributed by atoms with van der Waals surface area (Å²) >= 11 is 2.97. The highest BCUT2D eigenvalue weighted by atomic mass is 32.2. The molecule has 134 valence electrons. The zero-order valence-electron chi connectivity index (χ0n) is 14.9. The summed E-state index contributed by atoms with van der Waals surface area (Å²) in [5, 5.41) is 1.40. The fraction of sp³-hybridized carbons (Fsp3) is 0.350. The molecule has 0 radical (unpaired) electrons. The Balaban J connectivity index is 1.58. The minimum Gasteiger partial charge on any atom is -0.293 e. The summed E-state index contributed by atoms with van der Waals surface area (Å²) in [7, 11) is 1.75. The lowest BCUT2D eigenvalue weighted by Gasteiger charge is -2.07. The summed E-state index contributed by atoms with van der Waals surface area (Å²) in [6, 6.07) is 7.73. The quantitative estimate of drug-likeness (QED) is 0.379. The van der Waals surface area contributed by atoms with Crippen molar-refractivity contribution in [3.8, 4) is 0 Å². The molecule has 26 heavy (non-hydrogen) atoms. The number of hydrogen-bond donors (Lipinski definition) is 0. The predicted octanol–water partition coefficient (Wildman–Crippen LogP) is 4.02. The van der Waals surface area contributed by atoms with Crippen molar-refractivity contribution in [2.24, 2.45) is 7.05 Å². The summed E-state index contributed by atoms with van der Waals surface area (Å²) in [5.74, 6) is 0.336. The van der Waals surface area contributed by atoms with Gasteiger partial charge in [0.05, 0.1) is 11.1 Å². The van der Waals surface area contributed by atoms with Crippen molar-refractivity contribution in [2.75, 3.05) is 5.75 Å². The van der Waals surface area contributed by atoms with Gasteiger partial charge in [0.1, 0.15) is 4.83 Å². The maximum absolute atomic E-state index is 12.8. The van der Waals surface area contributed by atoms with Gasteiger partial charge in [-0.05, 0) is 36.8 Å². The van der Waals surface area contributed by atoms with Crippen molar-refractivity contribution < 1.29 is 4.79 Å². The van der Waals surface area contributed by atoms with Gasteiger partial charge in [0.2, 0.25) is 0 Å². The van der Waals surface area contributed by atoms with E-state index in [4.69, 9.17) is 0 Å². The molecule has 4 rings (SSSR count). The van der Waals surface area contributed by atoms with Crippen LogP contribution in [0.25, 0.3) is 10.2 Å². The number of benzene rings is 1. The van der Waals surface area contributed by atoms with Crippen LogP contribution in [-0.4, -0.2) is 21.1 Å². The van der Waals surface area contributed by atoms with E-state index in [0.717, 1.165) is 35.9 Å². The first-order valence-corrected chi connectivity index (χ1v) is 10.6. The summed E-state index contributed by atoms with van der Waals surface area (Å²) in [6.45, 7) is 2.09. The topological polar surface area (TPSA) is 52.0 Å². The van der Waals surface area contributed by atoms with Gasteiger partial charge >= 0.3 is 0 Å². The fourth-order valence-electron chi connectivity index (χ4n) is 3.37. The minimum atomic E-state index is 0.0108. The number of carbonyl (C=O) groups is 1. The van der Waals surface area contributed by atoms with Crippen molar-refractivity contribution in [3.63, 3.8) is 0 Å². The van der Waals surface area contributed by atoms with Crippen LogP contribution in [0.3, 0.4) is 0 Å². The monoisotopic (exact) mass is 384 g/mol. The van der Waals surface area contributed by atoms with E-state index in [1.807, 2.05) is 24.3 Å². The van der Waals surface area contributed by atoms with E-state index in [9.17, 15) is 9.59 Å². The summed E-state index contributed by atoms with van der Waals surface area (Å²) in [5.41, 5.74) is 3.13. The molecule has 1 aliphatic carbocycles. The third-order valence-electron chi connectivity index (χ3n) is 4.92. The number of aryl methyl sites for hydroxylation is 3. The molecule has 0 aliphatic heterocycles. The lowest BCUT2D eigenvalue weighted by molar-refractivity contribution is 0.102. The molecule has 6 heteroatoms. The molecule has 0 saturated carbocycles. The van der Waals surface area contributed by atoms with Gasteiger partial charge in [-0.3, -0.25) is 14.2 Å². The molecule has 2 aromatic heterocycles. The molecule has 0 unspecified atom stereocenters. The van der Waals surface area contributed by atoms with Crippen LogP contribution in [0.5, 0.6) is 0 Å². The predicted molar refractivity (Wildman–Crippen MR) is 108 cm³/mol. The van der Waals surface area contributed by atoms with E-state index < -0.39 is 0 Å². The summed E-state index contributed by atoms with van der Waals surface area (Å²) in [6.07, 6.45) is 4.11. The Labute approximate surface area is 160 Å². The Morgan fingerprint density at radius 2 is 2.04 bits per heavy atom. The normalized spacial score (nSPS) is 13.3. The molecule has 4 nitrogen and oxygen atoms in total. The number of hydrogen-bond acceptors (Lipinski definition) is 5. The van der Waals surface area contributed by atoms with Crippen LogP contribution in [-0.2, 0) is 26.3 Å². The van der Waals surface area contributed by atoms with E-state index >= 15 is 0 Å². The second-order valence-electron chi connectivity index (χ2n) is 6.56. The average Bonchev–Trinajstić information content (AvgIpc) is 3.24. The molecular formula is C20H20N2O2S2. The van der Waals surface area contributed by atoms with Gasteiger partial charge in [-0.2, -0.15) is 0 Å². The molecule has 0 atom stereocenters. The average molecular weight is 385 g/mol. The summed E-state index contributed by atoms with van der Waals surface area (Å²) in [4.78, 5) is 32.1. The molecule has 0 fully saturated rings. The SMILES string of the molecule is CCc1ccc(C(=O)CSc2nc3sc4c(c3c(=O)n2C)CCC4)cc1. The zero-order valence-corrected chi connectivity index (χ0v) is 16.5. The Morgan fingerprint density at radius 3 is 2.77 bits per heavy atom. The zero-order chi connectivity index (χ0) is 18.3. The van der Waals surface area contributed by atoms with Crippen molar-refractivity contribution in [1.82, 2.24) is 9.55 Å². The van der Waals surface area contributed by atoms with Crippen molar-refractivity contribution in [3.05, 3.63) is 56.2 Å². The molecule has 0 saturated heterocycles. The van der Waals surface area contributed by atoms with Gasteiger partial charge in [-0.15, -0.1) is 11.3 Å². The van der Waals surface area contributed by atoms with Crippen molar-refractivity contribution >= 4 is 39.1 Å². The first-order valence-electron chi connectivity index (χ1n) is 8.84. The van der Waals surface area contributed by atoms with Gasteiger partial charge in [0, 0.05) is 17.5 Å². The number of carbonyl (C=O) groups excluding carboxylic acids is 1. The first-order chi connectivity index (χ1) is 12.6. The number of rotatable bonds is 5. The smallest absolute Gasteiger partial charge is 0.262 e. The fourth-order valence-corrected chi connectivity index (χ4v) is 5.54. The molecule has 0 amide bonds. The summed E-state index contributed by atoms with van der Waals surface area (Å²) < 4.78 is 1.59. The molecule has 3 aromatic rings. The van der Waals surface area contributed by atoms with Crippen LogP contribution in [0.15, 0.2) is 34.2 Å². The van der Waals surface area contributed by atoms with Gasteiger partial charge < -0.3 is 0 Å². The molecule has 1 aliphatic rings. The van der Waals surface area contributed by atoms with E-state index in [-0.39, 0.29) is 17.1 Å². The van der Waals surface area contributed by atoms with E-state index in [1.54, 1.807) is 23.0 Å². The van der Waals surface area contributed by atoms with Crippen LogP contribution in [0.2, 0.25) is 0 Å². The van der Waals surface area contributed by atoms with Crippen LogP contribution >= 0.6 is 23.1 Å². The van der Waals surface area contributed by atoms with Gasteiger partial charge in [-0.1, -0.05) is 43.0 Å². The highest BCUT2D eigenvalue weighted by molar-refractivity contribution is 7.99. The van der Waals surface area contributed by atoms with Crippen molar-refractivity contribution in [2.45, 2.75) is 37.8 Å². The number of nitrogens with zero attached hydrogens (tertiary/aromatic N) is 2. The number of thiophene rings is 1. The third-order valence-corrected chi connectivity index (χ3v) is 7.14. The lowest BCUT2D eigenvalue weighted by atomic mass is 10.1. The highest BCUT2D eigenvalue weighted by Gasteiger charge is 2.22. The number of ketones is 1. The van der Waals surface area contributed by atoms with E-state index in [1.165, 1.54) is 27.8 Å². The van der Waals surface area contributed by atoms with E-state index in [0.29, 0.717) is 10.7 Å². The molecule has 0 spiro atoms. The highest BCUT2D eigenvalue weighted by Crippen LogP contribution is 2.35. The number of aromatic nitrogens is 2. The number of Topliss-reactive ketones (excluding diaryl/α,β-unsaturated/α-hetero) is 1. The maximum Gasteiger partial charge on any atom is 0.262 e. The molecule has 1 aromatic carbocycles. The van der Waals surface area contributed by atoms with Gasteiger partial charge in [0.15, 0.2) is 10.9 Å². The van der Waals surface area contributed by atoms with Gasteiger partial charge in [-0.25, -0.2) is 4.98 Å². The Hall–Kier alpha value is -1.92. The second-order valence-corrected chi connectivity index (χ2v) is 8.58. The molecule has 2 heterocycles. The van der Waals surface area contributed by atoms with Crippen LogP contribution < -0.4 is 5.56 Å². The molecular weight excluding hydrogens is 364 g/mol. The Kier molecular flexibility index (Phi) is 4.71. The molecule has 0 N–H and O–H groups in total. The standard InChI is InChI=1S/C20H20N2O2S2/c1-3-12-7-9-13(10-8-12)15(23)11-25-20-21-18-17(19(24)22(20)2)14-5-4-6-16(14)26-18/h7-10H,3-6,11H2,1-2H3. The van der Waals surface area contributed by atoms with Crippen LogP contribution in [0.4, 0.5) is 0 Å². The minimum absolute atomic E-state index is 0.0108. The lowest BCUT2D eigenvalue weighted by Crippen LogP contribution is -2.20. The second kappa shape index (κ2) is 7.00. The largest absolute Gasteiger partial charge is 0.293 e. The molecule has 0 bridgehead atoms. The maximum atomic E-state index is 12.8. The Bertz CT molecular complexity index is 1050. The third kappa shape index (κ3) is 3.01. The van der Waals surface area contributed by atoms with Crippen molar-refractivity contribution in [1.29, 1.82) is 0 Å².